The summed E-state index contributed by atoms with van der Waals surface area (Å²) < 4.78 is 5.11. The second-order valence-electron chi connectivity index (χ2n) is 6.65. The summed E-state index contributed by atoms with van der Waals surface area (Å²) >= 11 is 0. The smallest absolute Gasteiger partial charge is 0.428 e. The van der Waals surface area contributed by atoms with E-state index in [-0.39, 0.29) is 6.61 Å². The van der Waals surface area contributed by atoms with Gasteiger partial charge >= 0.3 is 12.2 Å². The Bertz CT molecular complexity index is 1110. The molecule has 1 heterocycles. The van der Waals surface area contributed by atoms with E-state index in [0.29, 0.717) is 29.1 Å². The van der Waals surface area contributed by atoms with Gasteiger partial charge in [-0.2, -0.15) is 0 Å². The number of nitrogens with two attached hydrogens (primary N) is 1. The number of para-hydroxylation sites is 2. The van der Waals surface area contributed by atoms with Crippen molar-refractivity contribution in [2.24, 2.45) is 10.9 Å². The molecular formula is C23H19N3O4. The lowest BCUT2D eigenvalue weighted by molar-refractivity contribution is 0.0518. The highest BCUT2D eigenvalue weighted by molar-refractivity contribution is 6.13. The van der Waals surface area contributed by atoms with Gasteiger partial charge in [-0.15, -0.1) is 0 Å². The molecule has 0 fully saturated rings. The maximum Gasteiger partial charge on any atom is 0.535 e. The van der Waals surface area contributed by atoms with E-state index in [4.69, 9.17) is 15.3 Å². The second kappa shape index (κ2) is 8.48. The van der Waals surface area contributed by atoms with Crippen LogP contribution in [0.5, 0.6) is 0 Å². The molecule has 0 aliphatic carbocycles. The van der Waals surface area contributed by atoms with Crippen molar-refractivity contribution in [1.29, 1.82) is 0 Å². The summed E-state index contributed by atoms with van der Waals surface area (Å²) in [6.07, 6.45) is -0.559. The molecular weight excluding hydrogens is 382 g/mol. The zero-order valence-electron chi connectivity index (χ0n) is 16.0. The number of hydrogen-bond donors (Lipinski definition) is 1. The Balaban J connectivity index is 1.62. The average molecular weight is 401 g/mol. The molecule has 30 heavy (non-hydrogen) atoms. The van der Waals surface area contributed by atoms with Crippen molar-refractivity contribution in [2.45, 2.75) is 13.0 Å². The highest BCUT2D eigenvalue weighted by Gasteiger charge is 2.27. The minimum atomic E-state index is -0.909. The van der Waals surface area contributed by atoms with Crippen LogP contribution >= 0.6 is 0 Å². The Hall–Kier alpha value is -4.13. The number of oxime groups is 1. The van der Waals surface area contributed by atoms with E-state index >= 15 is 0 Å². The summed E-state index contributed by atoms with van der Waals surface area (Å²) in [7, 11) is 0. The fourth-order valence-corrected chi connectivity index (χ4v) is 3.35. The number of urea groups is 1. The van der Waals surface area contributed by atoms with Crippen LogP contribution in [0.4, 0.5) is 21.0 Å². The lowest BCUT2D eigenvalue weighted by Crippen LogP contribution is -2.32. The second-order valence-corrected chi connectivity index (χ2v) is 6.65. The largest absolute Gasteiger partial charge is 0.535 e. The molecule has 0 aromatic heterocycles. The van der Waals surface area contributed by atoms with Gasteiger partial charge in [0.15, 0.2) is 0 Å². The lowest BCUT2D eigenvalue weighted by Gasteiger charge is -2.22. The minimum Gasteiger partial charge on any atom is -0.428 e. The summed E-state index contributed by atoms with van der Waals surface area (Å²) in [6.45, 7) is 0.0827. The van der Waals surface area contributed by atoms with E-state index in [1.165, 1.54) is 4.90 Å². The molecule has 0 spiro atoms. The first-order valence-electron chi connectivity index (χ1n) is 9.35. The maximum atomic E-state index is 12.2. The van der Waals surface area contributed by atoms with Gasteiger partial charge in [0.25, 0.3) is 0 Å². The van der Waals surface area contributed by atoms with Crippen molar-refractivity contribution < 1.29 is 19.2 Å². The summed E-state index contributed by atoms with van der Waals surface area (Å²) in [6, 6.07) is 23.2. The van der Waals surface area contributed by atoms with Gasteiger partial charge in [-0.1, -0.05) is 71.9 Å². The number of ether oxygens (including phenoxy) is 1. The number of nitrogens with zero attached hydrogens (tertiary/aromatic N) is 2. The molecule has 0 atom stereocenters. The quantitative estimate of drug-likeness (QED) is 0.397. The third kappa shape index (κ3) is 4.00. The maximum absolute atomic E-state index is 12.2. The van der Waals surface area contributed by atoms with Crippen LogP contribution in [0.1, 0.15) is 16.7 Å². The molecule has 0 saturated heterocycles. The van der Waals surface area contributed by atoms with Crippen molar-refractivity contribution >= 4 is 29.3 Å². The van der Waals surface area contributed by atoms with Crippen LogP contribution in [0.25, 0.3) is 0 Å². The summed E-state index contributed by atoms with van der Waals surface area (Å²) in [5, 5.41) is 4.05. The van der Waals surface area contributed by atoms with Crippen LogP contribution < -0.4 is 10.6 Å². The van der Waals surface area contributed by atoms with Crippen molar-refractivity contribution in [1.82, 2.24) is 0 Å². The van der Waals surface area contributed by atoms with Gasteiger partial charge in [0.05, 0.1) is 17.1 Å². The molecule has 2 amide bonds. The predicted molar refractivity (Wildman–Crippen MR) is 113 cm³/mol. The molecule has 4 rings (SSSR count). The summed E-state index contributed by atoms with van der Waals surface area (Å²) in [5.41, 5.74) is 9.69. The highest BCUT2D eigenvalue weighted by atomic mass is 16.8. The number of carbonyl (C=O) groups excluding carboxylic acids is 2. The van der Waals surface area contributed by atoms with Gasteiger partial charge in [-0.3, -0.25) is 9.74 Å². The monoisotopic (exact) mass is 401 g/mol. The number of carbonyl (C=O) groups is 2. The molecule has 3 aromatic rings. The van der Waals surface area contributed by atoms with Crippen LogP contribution in [0.3, 0.4) is 0 Å². The Labute approximate surface area is 173 Å². The number of primary amides is 1. The van der Waals surface area contributed by atoms with Gasteiger partial charge < -0.3 is 10.5 Å². The van der Waals surface area contributed by atoms with Gasteiger partial charge in [0.2, 0.25) is 0 Å². The van der Waals surface area contributed by atoms with Crippen LogP contribution in [0, 0.1) is 0 Å². The van der Waals surface area contributed by atoms with E-state index in [1.807, 2.05) is 60.7 Å². The number of fused-ring (bicyclic) bond motifs is 2. The molecule has 7 heteroatoms. The first-order valence-corrected chi connectivity index (χ1v) is 9.35. The van der Waals surface area contributed by atoms with Crippen molar-refractivity contribution in [3.8, 4) is 0 Å². The van der Waals surface area contributed by atoms with Crippen LogP contribution in [0.15, 0.2) is 84.0 Å². The standard InChI is InChI=1S/C23H19N3O4/c24-22(27)26-20-12-6-4-10-17(20)14-19(18-11-5-7-13-21(18)26)25-30-23(28)29-15-16-8-2-1-3-9-16/h1-13H,14-15H2,(H2,24,27). The normalized spacial score (nSPS) is 13.7. The van der Waals surface area contributed by atoms with Crippen molar-refractivity contribution in [2.75, 3.05) is 4.90 Å². The molecule has 150 valence electrons. The number of benzene rings is 3. The number of hydrogen-bond acceptors (Lipinski definition) is 5. The van der Waals surface area contributed by atoms with Gasteiger partial charge in [-0.05, 0) is 23.3 Å². The van der Waals surface area contributed by atoms with E-state index in [0.717, 1.165) is 11.1 Å². The molecule has 0 unspecified atom stereocenters. The lowest BCUT2D eigenvalue weighted by atomic mass is 10.0. The van der Waals surface area contributed by atoms with Gasteiger partial charge in [0.1, 0.15) is 6.61 Å². The van der Waals surface area contributed by atoms with E-state index in [1.54, 1.807) is 18.2 Å². The van der Waals surface area contributed by atoms with Crippen molar-refractivity contribution in [3.05, 3.63) is 95.6 Å². The Kier molecular flexibility index (Phi) is 5.43. The van der Waals surface area contributed by atoms with E-state index < -0.39 is 12.2 Å². The number of anilines is 2. The molecule has 3 aromatic carbocycles. The minimum absolute atomic E-state index is 0.0827. The third-order valence-electron chi connectivity index (χ3n) is 4.70. The molecule has 1 aliphatic heterocycles. The topological polar surface area (TPSA) is 94.2 Å². The van der Waals surface area contributed by atoms with E-state index in [2.05, 4.69) is 5.16 Å². The fourth-order valence-electron chi connectivity index (χ4n) is 3.35. The molecule has 2 N–H and O–H groups in total. The SMILES string of the molecule is NC(=O)N1c2ccccc2CC(=NOC(=O)OCc2ccccc2)c2ccccc21. The van der Waals surface area contributed by atoms with Gasteiger partial charge in [-0.25, -0.2) is 9.59 Å². The summed E-state index contributed by atoms with van der Waals surface area (Å²) in [5.74, 6) is 0. The number of rotatable bonds is 3. The van der Waals surface area contributed by atoms with Crippen LogP contribution in [-0.4, -0.2) is 17.9 Å². The number of amides is 2. The van der Waals surface area contributed by atoms with Crippen LogP contribution in [-0.2, 0) is 22.6 Å². The van der Waals surface area contributed by atoms with Gasteiger partial charge in [0, 0.05) is 12.0 Å². The zero-order valence-corrected chi connectivity index (χ0v) is 16.0. The first-order chi connectivity index (χ1) is 14.6. The average Bonchev–Trinajstić information content (AvgIpc) is 2.91. The first kappa shape index (κ1) is 19.2. The van der Waals surface area contributed by atoms with Crippen molar-refractivity contribution in [3.63, 3.8) is 0 Å². The highest BCUT2D eigenvalue weighted by Crippen LogP contribution is 2.36. The summed E-state index contributed by atoms with van der Waals surface area (Å²) in [4.78, 5) is 30.7. The Morgan fingerprint density at radius 2 is 1.57 bits per heavy atom. The Morgan fingerprint density at radius 1 is 0.900 bits per heavy atom. The third-order valence-corrected chi connectivity index (χ3v) is 4.70. The molecule has 7 nitrogen and oxygen atoms in total. The molecule has 0 radical (unpaired) electrons. The fraction of sp³-hybridized carbons (Fsp3) is 0.0870. The Morgan fingerprint density at radius 3 is 2.33 bits per heavy atom. The molecule has 0 saturated carbocycles. The molecule has 0 bridgehead atoms. The van der Waals surface area contributed by atoms with E-state index in [9.17, 15) is 9.59 Å². The molecule has 1 aliphatic rings. The zero-order chi connectivity index (χ0) is 20.9. The predicted octanol–water partition coefficient (Wildman–Crippen LogP) is 4.52. The van der Waals surface area contributed by atoms with Crippen LogP contribution in [0.2, 0.25) is 0 Å².